The number of hydrogen-bond donors (Lipinski definition) is 2. The molecule has 1 aromatic heterocycles. The lowest BCUT2D eigenvalue weighted by atomic mass is 9.98. The molecule has 1 aliphatic rings. The highest BCUT2D eigenvalue weighted by molar-refractivity contribution is 14.0. The summed E-state index contributed by atoms with van der Waals surface area (Å²) < 4.78 is 5.95. The standard InChI is InChI=1S/C19H34N4OS.HI/c1-4-17-15(2)25-18(23-17)11-13-22-19(20-3)21-12-8-14-24-16-9-6-5-7-10-16;/h16H,4-14H2,1-3H3,(H2,20,21,22);1H. The first-order valence-electron chi connectivity index (χ1n) is 9.74. The molecule has 0 radical (unpaired) electrons. The van der Waals surface area contributed by atoms with Crippen LogP contribution in [0.3, 0.4) is 0 Å². The van der Waals surface area contributed by atoms with Gasteiger partial charge in [0.15, 0.2) is 5.96 Å². The second-order valence-corrected chi connectivity index (χ2v) is 7.91. The largest absolute Gasteiger partial charge is 0.378 e. The zero-order valence-corrected chi connectivity index (χ0v) is 19.6. The first kappa shape index (κ1) is 23.6. The molecule has 0 spiro atoms. The summed E-state index contributed by atoms with van der Waals surface area (Å²) in [5.74, 6) is 0.863. The highest BCUT2D eigenvalue weighted by atomic mass is 127. The van der Waals surface area contributed by atoms with Crippen LogP contribution in [-0.2, 0) is 17.6 Å². The van der Waals surface area contributed by atoms with E-state index in [-0.39, 0.29) is 24.0 Å². The van der Waals surface area contributed by atoms with Crippen LogP contribution in [0, 0.1) is 6.92 Å². The molecular weight excluding hydrogens is 459 g/mol. The minimum absolute atomic E-state index is 0. The highest BCUT2D eigenvalue weighted by Gasteiger charge is 2.13. The van der Waals surface area contributed by atoms with Crippen molar-refractivity contribution in [3.05, 3.63) is 15.6 Å². The molecule has 5 nitrogen and oxygen atoms in total. The second-order valence-electron chi connectivity index (χ2n) is 6.62. The van der Waals surface area contributed by atoms with E-state index in [2.05, 4.69) is 34.5 Å². The van der Waals surface area contributed by atoms with Gasteiger partial charge in [-0.3, -0.25) is 4.99 Å². The normalized spacial score (nSPS) is 15.6. The van der Waals surface area contributed by atoms with Gasteiger partial charge in [-0.25, -0.2) is 4.98 Å². The summed E-state index contributed by atoms with van der Waals surface area (Å²) in [4.78, 5) is 10.3. The molecule has 2 N–H and O–H groups in total. The van der Waals surface area contributed by atoms with Gasteiger partial charge in [-0.2, -0.15) is 0 Å². The second kappa shape index (κ2) is 13.7. The van der Waals surface area contributed by atoms with E-state index in [0.717, 1.165) is 44.9 Å². The van der Waals surface area contributed by atoms with E-state index in [1.807, 2.05) is 18.4 Å². The van der Waals surface area contributed by atoms with Crippen molar-refractivity contribution in [3.63, 3.8) is 0 Å². The van der Waals surface area contributed by atoms with Crippen molar-refractivity contribution in [3.8, 4) is 0 Å². The Bertz CT molecular complexity index is 530. The summed E-state index contributed by atoms with van der Waals surface area (Å²) in [7, 11) is 1.82. The maximum atomic E-state index is 5.95. The molecule has 2 rings (SSSR count). The van der Waals surface area contributed by atoms with Gasteiger partial charge in [0.05, 0.1) is 16.8 Å². The van der Waals surface area contributed by atoms with Crippen LogP contribution in [-0.4, -0.2) is 43.8 Å². The van der Waals surface area contributed by atoms with Crippen LogP contribution in [0.1, 0.15) is 61.0 Å². The Morgan fingerprint density at radius 2 is 1.96 bits per heavy atom. The van der Waals surface area contributed by atoms with Gasteiger partial charge in [0, 0.05) is 38.0 Å². The van der Waals surface area contributed by atoms with Crippen LogP contribution < -0.4 is 10.6 Å². The lowest BCUT2D eigenvalue weighted by Crippen LogP contribution is -2.39. The molecule has 1 fully saturated rings. The molecule has 0 amide bonds. The molecule has 1 aliphatic carbocycles. The molecule has 0 unspecified atom stereocenters. The summed E-state index contributed by atoms with van der Waals surface area (Å²) >= 11 is 1.81. The van der Waals surface area contributed by atoms with Crippen molar-refractivity contribution in [1.29, 1.82) is 0 Å². The van der Waals surface area contributed by atoms with Crippen LogP contribution in [0.4, 0.5) is 0 Å². The Hall–Kier alpha value is -0.410. The van der Waals surface area contributed by atoms with Gasteiger partial charge >= 0.3 is 0 Å². The number of aliphatic imine (C=N–C) groups is 1. The minimum Gasteiger partial charge on any atom is -0.378 e. The summed E-state index contributed by atoms with van der Waals surface area (Å²) in [6, 6.07) is 0. The van der Waals surface area contributed by atoms with Crippen molar-refractivity contribution in [1.82, 2.24) is 15.6 Å². The van der Waals surface area contributed by atoms with Gasteiger partial charge in [-0.15, -0.1) is 35.3 Å². The summed E-state index contributed by atoms with van der Waals surface area (Å²) in [6.07, 6.45) is 10.0. The van der Waals surface area contributed by atoms with Crippen LogP contribution in [0.25, 0.3) is 0 Å². The predicted molar refractivity (Wildman–Crippen MR) is 122 cm³/mol. The number of hydrogen-bond acceptors (Lipinski definition) is 4. The molecule has 0 saturated heterocycles. The van der Waals surface area contributed by atoms with E-state index in [9.17, 15) is 0 Å². The van der Waals surface area contributed by atoms with E-state index < -0.39 is 0 Å². The van der Waals surface area contributed by atoms with Crippen molar-refractivity contribution >= 4 is 41.3 Å². The Kier molecular flexibility index (Phi) is 12.5. The molecule has 0 aliphatic heterocycles. The number of nitrogens with one attached hydrogen (secondary N) is 2. The molecular formula is C19H35IN4OS. The van der Waals surface area contributed by atoms with E-state index in [1.165, 1.54) is 47.7 Å². The monoisotopic (exact) mass is 494 g/mol. The molecule has 1 aromatic rings. The number of aromatic nitrogens is 1. The molecule has 26 heavy (non-hydrogen) atoms. The van der Waals surface area contributed by atoms with E-state index in [1.54, 1.807) is 0 Å². The summed E-state index contributed by atoms with van der Waals surface area (Å²) in [5.41, 5.74) is 1.24. The number of aryl methyl sites for hydroxylation is 2. The quantitative estimate of drug-likeness (QED) is 0.235. The van der Waals surface area contributed by atoms with Gasteiger partial charge in [0.25, 0.3) is 0 Å². The van der Waals surface area contributed by atoms with Crippen molar-refractivity contribution in [2.75, 3.05) is 26.7 Å². The fourth-order valence-electron chi connectivity index (χ4n) is 3.19. The van der Waals surface area contributed by atoms with Crippen molar-refractivity contribution in [2.45, 2.75) is 71.3 Å². The van der Waals surface area contributed by atoms with Gasteiger partial charge in [0.1, 0.15) is 0 Å². The number of thiazole rings is 1. The van der Waals surface area contributed by atoms with Crippen LogP contribution in [0.2, 0.25) is 0 Å². The molecule has 7 heteroatoms. The smallest absolute Gasteiger partial charge is 0.190 e. The minimum atomic E-state index is 0. The fraction of sp³-hybridized carbons (Fsp3) is 0.789. The van der Waals surface area contributed by atoms with Gasteiger partial charge < -0.3 is 15.4 Å². The number of halogens is 1. The summed E-state index contributed by atoms with van der Waals surface area (Å²) in [6.45, 7) is 6.90. The van der Waals surface area contributed by atoms with E-state index in [0.29, 0.717) is 6.10 Å². The number of guanidine groups is 1. The van der Waals surface area contributed by atoms with Crippen molar-refractivity contribution < 1.29 is 4.74 Å². The Morgan fingerprint density at radius 3 is 2.62 bits per heavy atom. The lowest BCUT2D eigenvalue weighted by molar-refractivity contribution is 0.0277. The zero-order valence-electron chi connectivity index (χ0n) is 16.5. The van der Waals surface area contributed by atoms with E-state index in [4.69, 9.17) is 4.74 Å². The zero-order chi connectivity index (χ0) is 17.9. The third-order valence-electron chi connectivity index (χ3n) is 4.65. The molecule has 150 valence electrons. The summed E-state index contributed by atoms with van der Waals surface area (Å²) in [5, 5.41) is 7.94. The van der Waals surface area contributed by atoms with Crippen LogP contribution in [0.15, 0.2) is 4.99 Å². The topological polar surface area (TPSA) is 58.5 Å². The Balaban J connectivity index is 0.00000338. The highest BCUT2D eigenvalue weighted by Crippen LogP contribution is 2.20. The third kappa shape index (κ3) is 8.52. The number of rotatable bonds is 9. The lowest BCUT2D eigenvalue weighted by Gasteiger charge is -2.22. The fourth-order valence-corrected chi connectivity index (χ4v) is 4.21. The van der Waals surface area contributed by atoms with Crippen LogP contribution in [0.5, 0.6) is 0 Å². The molecule has 1 saturated carbocycles. The Labute approximate surface area is 179 Å². The van der Waals surface area contributed by atoms with Crippen molar-refractivity contribution in [2.24, 2.45) is 4.99 Å². The van der Waals surface area contributed by atoms with Crippen LogP contribution >= 0.6 is 35.3 Å². The third-order valence-corrected chi connectivity index (χ3v) is 5.72. The maximum absolute atomic E-state index is 5.95. The molecule has 0 atom stereocenters. The van der Waals surface area contributed by atoms with Gasteiger partial charge in [-0.1, -0.05) is 26.2 Å². The number of nitrogens with zero attached hydrogens (tertiary/aromatic N) is 2. The average molecular weight is 494 g/mol. The first-order valence-corrected chi connectivity index (χ1v) is 10.6. The predicted octanol–water partition coefficient (Wildman–Crippen LogP) is 4.08. The van der Waals surface area contributed by atoms with Gasteiger partial charge in [0.2, 0.25) is 0 Å². The Morgan fingerprint density at radius 1 is 1.23 bits per heavy atom. The average Bonchev–Trinajstić information content (AvgIpc) is 3.00. The maximum Gasteiger partial charge on any atom is 0.190 e. The molecule has 0 aromatic carbocycles. The van der Waals surface area contributed by atoms with E-state index >= 15 is 0 Å². The molecule has 1 heterocycles. The number of ether oxygens (including phenoxy) is 1. The first-order chi connectivity index (χ1) is 12.2. The molecule has 0 bridgehead atoms. The SMILES string of the molecule is CCc1nc(CCNC(=NC)NCCCOC2CCCCC2)sc1C.I. The van der Waals surface area contributed by atoms with Gasteiger partial charge in [-0.05, 0) is 32.6 Å².